The summed E-state index contributed by atoms with van der Waals surface area (Å²) >= 11 is 0. The van der Waals surface area contributed by atoms with Gasteiger partial charge in [0.1, 0.15) is 6.04 Å². The van der Waals surface area contributed by atoms with Gasteiger partial charge in [0.25, 0.3) is 0 Å². The summed E-state index contributed by atoms with van der Waals surface area (Å²) in [4.78, 5) is 12.6. The first-order chi connectivity index (χ1) is 16.5. The lowest BCUT2D eigenvalue weighted by Crippen LogP contribution is -2.51. The number of aryl methyl sites for hydroxylation is 2. The highest BCUT2D eigenvalue weighted by Gasteiger charge is 2.28. The van der Waals surface area contributed by atoms with E-state index in [2.05, 4.69) is 20.8 Å². The second-order valence-electron chi connectivity index (χ2n) is 9.10. The molecule has 0 aliphatic carbocycles. The van der Waals surface area contributed by atoms with Crippen molar-refractivity contribution in [2.45, 2.75) is 50.8 Å². The molecule has 3 rings (SSSR count). The highest BCUT2D eigenvalue weighted by atomic mass is 32.2. The molecule has 1 atom stereocenters. The van der Waals surface area contributed by atoms with Gasteiger partial charge in [-0.05, 0) is 47.4 Å². The average molecular weight is 501 g/mol. The molecule has 0 aliphatic rings. The number of benzene rings is 2. The summed E-state index contributed by atoms with van der Waals surface area (Å²) in [6.45, 7) is 4.12. The van der Waals surface area contributed by atoms with Crippen LogP contribution < -0.4 is 11.1 Å². The van der Waals surface area contributed by atoms with Crippen LogP contribution in [-0.2, 0) is 44.7 Å². The normalized spacial score (nSPS) is 12.9. The van der Waals surface area contributed by atoms with Crippen molar-refractivity contribution >= 4 is 15.7 Å². The van der Waals surface area contributed by atoms with E-state index >= 15 is 0 Å². The number of nitrogens with one attached hydrogen (secondary N) is 1. The van der Waals surface area contributed by atoms with Crippen LogP contribution in [0, 0.1) is 0 Å². The van der Waals surface area contributed by atoms with E-state index in [4.69, 9.17) is 10.5 Å². The second-order valence-corrected chi connectivity index (χ2v) is 11.2. The Morgan fingerprint density at radius 1 is 1.11 bits per heavy atom. The molecule has 188 valence electrons. The molecule has 0 saturated heterocycles. The number of hydrogen-bond donors (Lipinski definition) is 2. The number of hydrogen-bond acceptors (Lipinski definition) is 8. The Bertz CT molecular complexity index is 1220. The summed E-state index contributed by atoms with van der Waals surface area (Å²) < 4.78 is 31.1. The minimum Gasteiger partial charge on any atom is -0.374 e. The van der Waals surface area contributed by atoms with Gasteiger partial charge in [0.05, 0.1) is 24.5 Å². The Hall–Kier alpha value is -3.15. The summed E-state index contributed by atoms with van der Waals surface area (Å²) in [5.41, 5.74) is 7.52. The van der Waals surface area contributed by atoms with Crippen LogP contribution >= 0.6 is 0 Å². The van der Waals surface area contributed by atoms with Gasteiger partial charge in [-0.15, -0.1) is 5.10 Å². The second kappa shape index (κ2) is 11.5. The van der Waals surface area contributed by atoms with Crippen LogP contribution in [0.1, 0.15) is 42.4 Å². The number of tetrazole rings is 1. The van der Waals surface area contributed by atoms with E-state index in [9.17, 15) is 13.2 Å². The van der Waals surface area contributed by atoms with Crippen LogP contribution in [0.2, 0.25) is 0 Å². The van der Waals surface area contributed by atoms with Crippen LogP contribution in [0.15, 0.2) is 54.6 Å². The maximum absolute atomic E-state index is 12.6. The van der Waals surface area contributed by atoms with Crippen molar-refractivity contribution in [3.63, 3.8) is 0 Å². The Morgan fingerprint density at radius 2 is 1.77 bits per heavy atom. The van der Waals surface area contributed by atoms with Gasteiger partial charge in [-0.25, -0.2) is 13.1 Å². The lowest BCUT2D eigenvalue weighted by atomic mass is 10.1. The molecule has 0 spiro atoms. The molecule has 10 nitrogen and oxygen atoms in total. The predicted molar refractivity (Wildman–Crippen MR) is 132 cm³/mol. The summed E-state index contributed by atoms with van der Waals surface area (Å²) in [5.74, 6) is 0.0265. The zero-order chi connectivity index (χ0) is 25.5. The highest BCUT2D eigenvalue weighted by molar-refractivity contribution is 7.89. The van der Waals surface area contributed by atoms with Gasteiger partial charge in [0.2, 0.25) is 5.91 Å². The Balaban J connectivity index is 1.76. The van der Waals surface area contributed by atoms with Crippen molar-refractivity contribution < 1.29 is 17.9 Å². The van der Waals surface area contributed by atoms with Crippen LogP contribution in [0.4, 0.5) is 0 Å². The lowest BCUT2D eigenvalue weighted by Gasteiger charge is -2.24. The molecule has 3 N–H and O–H groups in total. The monoisotopic (exact) mass is 500 g/mol. The minimum atomic E-state index is -3.18. The van der Waals surface area contributed by atoms with Gasteiger partial charge >= 0.3 is 0 Å². The van der Waals surface area contributed by atoms with E-state index in [0.29, 0.717) is 25.4 Å². The zero-order valence-electron chi connectivity index (χ0n) is 20.2. The molecule has 1 heterocycles. The number of rotatable bonds is 12. The molecule has 3 aromatic rings. The number of amides is 1. The number of ether oxygens (including phenoxy) is 1. The van der Waals surface area contributed by atoms with Gasteiger partial charge < -0.3 is 15.8 Å². The third-order valence-electron chi connectivity index (χ3n) is 5.29. The Kier molecular flexibility index (Phi) is 8.71. The minimum absolute atomic E-state index is 0.0385. The SMILES string of the molecule is CC(C)(N)C(=O)N[C@H](COCc1ccccc1)c1nnnn1CCc1ccccc1CS(C)(=O)=O. The fraction of sp³-hybridized carbons (Fsp3) is 0.417. The number of nitrogens with zero attached hydrogens (tertiary/aromatic N) is 4. The van der Waals surface area contributed by atoms with E-state index in [1.165, 1.54) is 6.26 Å². The molecule has 35 heavy (non-hydrogen) atoms. The van der Waals surface area contributed by atoms with Gasteiger partial charge in [-0.3, -0.25) is 4.79 Å². The molecule has 11 heteroatoms. The molecule has 0 radical (unpaired) electrons. The molecular weight excluding hydrogens is 468 g/mol. The first kappa shape index (κ1) is 26.5. The fourth-order valence-corrected chi connectivity index (χ4v) is 4.31. The molecule has 0 saturated carbocycles. The smallest absolute Gasteiger partial charge is 0.240 e. The van der Waals surface area contributed by atoms with Crippen molar-refractivity contribution in [3.05, 3.63) is 77.1 Å². The standard InChI is InChI=1S/C24H32N6O4S/c1-24(2,25)23(31)26-21(16-34-15-18-9-5-4-6-10-18)22-27-28-29-30(22)14-13-19-11-7-8-12-20(19)17-35(3,32)33/h4-12,21H,13-17,25H2,1-3H3,(H,26,31)/t21-/m1/s1. The summed E-state index contributed by atoms with van der Waals surface area (Å²) in [6.07, 6.45) is 1.72. The maximum atomic E-state index is 12.6. The quantitative estimate of drug-likeness (QED) is 0.382. The number of carbonyl (C=O) groups is 1. The Labute approximate surface area is 205 Å². The largest absolute Gasteiger partial charge is 0.374 e. The van der Waals surface area contributed by atoms with Crippen LogP contribution in [0.25, 0.3) is 0 Å². The van der Waals surface area contributed by atoms with Gasteiger partial charge in [-0.1, -0.05) is 54.6 Å². The number of nitrogens with two attached hydrogens (primary N) is 1. The van der Waals surface area contributed by atoms with Crippen LogP contribution in [-0.4, -0.2) is 52.9 Å². The third kappa shape index (κ3) is 8.23. The first-order valence-electron chi connectivity index (χ1n) is 11.2. The molecule has 1 aromatic heterocycles. The van der Waals surface area contributed by atoms with E-state index in [0.717, 1.165) is 16.7 Å². The molecule has 0 unspecified atom stereocenters. The zero-order valence-corrected chi connectivity index (χ0v) is 21.0. The van der Waals surface area contributed by atoms with Crippen molar-refractivity contribution in [2.24, 2.45) is 5.73 Å². The third-order valence-corrected chi connectivity index (χ3v) is 6.12. The summed E-state index contributed by atoms with van der Waals surface area (Å²) in [6, 6.07) is 16.4. The molecular formula is C24H32N6O4S. The summed E-state index contributed by atoms with van der Waals surface area (Å²) in [5, 5.41) is 14.9. The van der Waals surface area contributed by atoms with E-state index < -0.39 is 21.4 Å². The number of aromatic nitrogens is 4. The number of carbonyl (C=O) groups excluding carboxylic acids is 1. The lowest BCUT2D eigenvalue weighted by molar-refractivity contribution is -0.126. The molecule has 2 aromatic carbocycles. The van der Waals surface area contributed by atoms with E-state index in [1.807, 2.05) is 48.5 Å². The van der Waals surface area contributed by atoms with Crippen molar-refractivity contribution in [1.82, 2.24) is 25.5 Å². The van der Waals surface area contributed by atoms with Gasteiger partial charge in [0, 0.05) is 12.8 Å². The molecule has 0 bridgehead atoms. The topological polar surface area (TPSA) is 142 Å². The maximum Gasteiger partial charge on any atom is 0.240 e. The van der Waals surface area contributed by atoms with Crippen molar-refractivity contribution in [1.29, 1.82) is 0 Å². The number of sulfone groups is 1. The molecule has 0 fully saturated rings. The fourth-order valence-electron chi connectivity index (χ4n) is 3.47. The van der Waals surface area contributed by atoms with Crippen molar-refractivity contribution in [3.8, 4) is 0 Å². The molecule has 0 aliphatic heterocycles. The van der Waals surface area contributed by atoms with Crippen molar-refractivity contribution in [2.75, 3.05) is 12.9 Å². The first-order valence-corrected chi connectivity index (χ1v) is 13.3. The van der Waals surface area contributed by atoms with Gasteiger partial charge in [0.15, 0.2) is 15.7 Å². The van der Waals surface area contributed by atoms with E-state index in [-0.39, 0.29) is 18.3 Å². The summed E-state index contributed by atoms with van der Waals surface area (Å²) in [7, 11) is -3.18. The Morgan fingerprint density at radius 3 is 2.43 bits per heavy atom. The van der Waals surface area contributed by atoms with Crippen LogP contribution in [0.5, 0.6) is 0 Å². The average Bonchev–Trinajstić information content (AvgIpc) is 3.25. The predicted octanol–water partition coefficient (Wildman–Crippen LogP) is 1.57. The van der Waals surface area contributed by atoms with Gasteiger partial charge in [-0.2, -0.15) is 0 Å². The van der Waals surface area contributed by atoms with E-state index in [1.54, 1.807) is 24.6 Å². The molecule has 1 amide bonds. The highest BCUT2D eigenvalue weighted by Crippen LogP contribution is 2.17. The van der Waals surface area contributed by atoms with Crippen LogP contribution in [0.3, 0.4) is 0 Å².